The minimum Gasteiger partial charge on any atom is -0.457 e. The minimum absolute atomic E-state index is 0.0360. The third kappa shape index (κ3) is 4.24. The number of thiophene rings is 1. The number of hydrogen-bond acceptors (Lipinski definition) is 6. The summed E-state index contributed by atoms with van der Waals surface area (Å²) >= 11 is 4.85. The third-order valence-corrected chi connectivity index (χ3v) is 5.12. The molecule has 0 bridgehead atoms. The maximum Gasteiger partial charge on any atom is 0.322 e. The first kappa shape index (κ1) is 17.4. The Kier molecular flexibility index (Phi) is 4.99. The first-order valence-corrected chi connectivity index (χ1v) is 9.52. The monoisotopic (exact) mass is 441 g/mol. The summed E-state index contributed by atoms with van der Waals surface area (Å²) in [5.41, 5.74) is 0.419. The van der Waals surface area contributed by atoms with Crippen molar-refractivity contribution in [3.05, 3.63) is 76.1 Å². The van der Waals surface area contributed by atoms with E-state index in [2.05, 4.69) is 31.4 Å². The number of halogens is 1. The van der Waals surface area contributed by atoms with Gasteiger partial charge in [0.25, 0.3) is 11.8 Å². The van der Waals surface area contributed by atoms with Crippen LogP contribution in [0.4, 0.5) is 6.01 Å². The van der Waals surface area contributed by atoms with E-state index in [1.54, 1.807) is 24.3 Å². The zero-order chi connectivity index (χ0) is 18.6. The quantitative estimate of drug-likeness (QED) is 0.435. The molecule has 1 N–H and O–H groups in total. The van der Waals surface area contributed by atoms with E-state index < -0.39 is 0 Å². The van der Waals surface area contributed by atoms with Crippen molar-refractivity contribution in [2.45, 2.75) is 0 Å². The number of ether oxygens (including phenoxy) is 1. The molecular formula is C19H12BrN3O3S. The normalized spacial score (nSPS) is 10.6. The number of carbonyl (C=O) groups is 1. The van der Waals surface area contributed by atoms with Gasteiger partial charge in [-0.3, -0.25) is 10.1 Å². The molecule has 6 nitrogen and oxygen atoms in total. The molecule has 27 heavy (non-hydrogen) atoms. The SMILES string of the molecule is O=C(Nc1nnc(-c2ccc(Br)s2)o1)c1cccc(Oc2ccccc2)c1. The van der Waals surface area contributed by atoms with E-state index in [1.807, 2.05) is 42.5 Å². The van der Waals surface area contributed by atoms with Gasteiger partial charge in [-0.15, -0.1) is 16.4 Å². The summed E-state index contributed by atoms with van der Waals surface area (Å²) in [6.07, 6.45) is 0. The molecule has 0 saturated carbocycles. The van der Waals surface area contributed by atoms with Gasteiger partial charge >= 0.3 is 6.01 Å². The maximum atomic E-state index is 12.5. The number of anilines is 1. The number of nitrogens with one attached hydrogen (secondary N) is 1. The van der Waals surface area contributed by atoms with Crippen LogP contribution in [0.1, 0.15) is 10.4 Å². The van der Waals surface area contributed by atoms with Crippen LogP contribution < -0.4 is 10.1 Å². The lowest BCUT2D eigenvalue weighted by Crippen LogP contribution is -2.12. The second-order valence-corrected chi connectivity index (χ2v) is 7.88. The van der Waals surface area contributed by atoms with E-state index in [0.717, 1.165) is 8.66 Å². The molecule has 4 aromatic rings. The number of nitrogens with zero attached hydrogens (tertiary/aromatic N) is 2. The summed E-state index contributed by atoms with van der Waals surface area (Å²) in [6, 6.07) is 20.0. The van der Waals surface area contributed by atoms with E-state index in [4.69, 9.17) is 9.15 Å². The number of carbonyl (C=O) groups excluding carboxylic acids is 1. The Morgan fingerprint density at radius 3 is 2.59 bits per heavy atom. The van der Waals surface area contributed by atoms with Crippen molar-refractivity contribution in [2.75, 3.05) is 5.32 Å². The lowest BCUT2D eigenvalue weighted by molar-refractivity contribution is 0.102. The number of aromatic nitrogens is 2. The molecule has 2 aromatic heterocycles. The second kappa shape index (κ2) is 7.73. The molecule has 0 aliphatic rings. The average molecular weight is 442 g/mol. The minimum atomic E-state index is -0.365. The Morgan fingerprint density at radius 1 is 1.00 bits per heavy atom. The highest BCUT2D eigenvalue weighted by molar-refractivity contribution is 9.11. The molecule has 0 fully saturated rings. The van der Waals surface area contributed by atoms with Crippen molar-refractivity contribution in [2.24, 2.45) is 0 Å². The van der Waals surface area contributed by atoms with Crippen molar-refractivity contribution in [1.82, 2.24) is 10.2 Å². The van der Waals surface area contributed by atoms with Crippen LogP contribution in [0.15, 0.2) is 74.9 Å². The smallest absolute Gasteiger partial charge is 0.322 e. The molecule has 2 aromatic carbocycles. The Balaban J connectivity index is 1.47. The number of benzene rings is 2. The van der Waals surface area contributed by atoms with Crippen LogP contribution in [0.5, 0.6) is 11.5 Å². The van der Waals surface area contributed by atoms with Gasteiger partial charge in [-0.2, -0.15) is 0 Å². The molecule has 1 amide bonds. The Morgan fingerprint density at radius 2 is 1.81 bits per heavy atom. The van der Waals surface area contributed by atoms with Crippen LogP contribution in [0, 0.1) is 0 Å². The molecular weight excluding hydrogens is 430 g/mol. The summed E-state index contributed by atoms with van der Waals surface area (Å²) in [5.74, 6) is 1.24. The number of para-hydroxylation sites is 1. The zero-order valence-electron chi connectivity index (χ0n) is 13.8. The van der Waals surface area contributed by atoms with E-state index in [9.17, 15) is 4.79 Å². The molecule has 0 aliphatic carbocycles. The third-order valence-electron chi connectivity index (χ3n) is 3.50. The Bertz CT molecular complexity index is 1080. The van der Waals surface area contributed by atoms with Gasteiger partial charge in [0.05, 0.1) is 8.66 Å². The molecule has 0 spiro atoms. The molecule has 0 unspecified atom stereocenters. The number of rotatable bonds is 5. The lowest BCUT2D eigenvalue weighted by atomic mass is 10.2. The topological polar surface area (TPSA) is 77.3 Å². The van der Waals surface area contributed by atoms with E-state index in [-0.39, 0.29) is 11.9 Å². The molecule has 0 aliphatic heterocycles. The fraction of sp³-hybridized carbons (Fsp3) is 0. The van der Waals surface area contributed by atoms with E-state index in [0.29, 0.717) is 23.0 Å². The van der Waals surface area contributed by atoms with Crippen LogP contribution >= 0.6 is 27.3 Å². The van der Waals surface area contributed by atoms with E-state index in [1.165, 1.54) is 11.3 Å². The van der Waals surface area contributed by atoms with Crippen LogP contribution in [0.25, 0.3) is 10.8 Å². The average Bonchev–Trinajstić information content (AvgIpc) is 3.32. The van der Waals surface area contributed by atoms with Crippen LogP contribution in [-0.4, -0.2) is 16.1 Å². The van der Waals surface area contributed by atoms with Crippen LogP contribution in [0.3, 0.4) is 0 Å². The highest BCUT2D eigenvalue weighted by Gasteiger charge is 2.14. The molecule has 2 heterocycles. The van der Waals surface area contributed by atoms with Crippen molar-refractivity contribution in [3.8, 4) is 22.3 Å². The van der Waals surface area contributed by atoms with Gasteiger partial charge in [0.15, 0.2) is 0 Å². The van der Waals surface area contributed by atoms with Crippen molar-refractivity contribution < 1.29 is 13.9 Å². The summed E-state index contributed by atoms with van der Waals surface area (Å²) in [5, 5.41) is 10.4. The summed E-state index contributed by atoms with van der Waals surface area (Å²) in [4.78, 5) is 13.3. The first-order valence-electron chi connectivity index (χ1n) is 7.91. The maximum absolute atomic E-state index is 12.5. The van der Waals surface area contributed by atoms with Gasteiger partial charge < -0.3 is 9.15 Å². The number of amides is 1. The molecule has 8 heteroatoms. The van der Waals surface area contributed by atoms with Crippen LogP contribution in [0.2, 0.25) is 0 Å². The summed E-state index contributed by atoms with van der Waals surface area (Å²) in [7, 11) is 0. The molecule has 134 valence electrons. The summed E-state index contributed by atoms with van der Waals surface area (Å²) in [6.45, 7) is 0. The van der Waals surface area contributed by atoms with Gasteiger partial charge in [-0.1, -0.05) is 29.4 Å². The fourth-order valence-corrected chi connectivity index (χ4v) is 3.60. The van der Waals surface area contributed by atoms with Gasteiger partial charge in [0.2, 0.25) is 0 Å². The standard InChI is InChI=1S/C19H12BrN3O3S/c20-16-10-9-15(27-16)18-22-23-19(26-18)21-17(24)12-5-4-8-14(11-12)25-13-6-2-1-3-7-13/h1-11H,(H,21,23,24). The lowest BCUT2D eigenvalue weighted by Gasteiger charge is -2.07. The van der Waals surface area contributed by atoms with Gasteiger partial charge in [-0.05, 0) is 58.4 Å². The largest absolute Gasteiger partial charge is 0.457 e. The Labute approximate surface area is 167 Å². The molecule has 0 atom stereocenters. The second-order valence-electron chi connectivity index (χ2n) is 5.41. The predicted molar refractivity (Wildman–Crippen MR) is 106 cm³/mol. The predicted octanol–water partition coefficient (Wildman–Crippen LogP) is 5.61. The van der Waals surface area contributed by atoms with Crippen molar-refractivity contribution >= 4 is 39.2 Å². The zero-order valence-corrected chi connectivity index (χ0v) is 16.2. The number of hydrogen-bond donors (Lipinski definition) is 1. The fourth-order valence-electron chi connectivity index (χ4n) is 2.30. The summed E-state index contributed by atoms with van der Waals surface area (Å²) < 4.78 is 12.2. The van der Waals surface area contributed by atoms with Crippen molar-refractivity contribution in [1.29, 1.82) is 0 Å². The molecule has 4 rings (SSSR count). The molecule has 0 radical (unpaired) electrons. The molecule has 0 saturated heterocycles. The van der Waals surface area contributed by atoms with Gasteiger partial charge in [0.1, 0.15) is 11.5 Å². The highest BCUT2D eigenvalue weighted by Crippen LogP contribution is 2.31. The van der Waals surface area contributed by atoms with E-state index >= 15 is 0 Å². The highest BCUT2D eigenvalue weighted by atomic mass is 79.9. The van der Waals surface area contributed by atoms with Gasteiger partial charge in [-0.25, -0.2) is 0 Å². The van der Waals surface area contributed by atoms with Crippen LogP contribution in [-0.2, 0) is 0 Å². The van der Waals surface area contributed by atoms with Gasteiger partial charge in [0, 0.05) is 5.56 Å². The van der Waals surface area contributed by atoms with Crippen molar-refractivity contribution in [3.63, 3.8) is 0 Å². The first-order chi connectivity index (χ1) is 13.2. The Hall–Kier alpha value is -2.97.